The minimum Gasteiger partial charge on any atom is -0.302 e. The summed E-state index contributed by atoms with van der Waals surface area (Å²) < 4.78 is 22.2. The molecule has 7 nitrogen and oxygen atoms in total. The zero-order valence-corrected chi connectivity index (χ0v) is 9.53. The summed E-state index contributed by atoms with van der Waals surface area (Å²) in [7, 11) is -10.1. The summed E-state index contributed by atoms with van der Waals surface area (Å²) in [6.45, 7) is 3.47. The Balaban J connectivity index is 0. The van der Waals surface area contributed by atoms with Crippen molar-refractivity contribution >= 4 is 27.2 Å². The molecule has 0 aliphatic carbocycles. The van der Waals surface area contributed by atoms with Gasteiger partial charge in [-0.15, -0.1) is 18.2 Å². The molecule has 10 heteroatoms. The number of hydrogen-bond donors (Lipinski definition) is 4. The molecule has 86 valence electrons. The number of halogens is 1. The average molecular weight is 269 g/mol. The zero-order valence-electron chi connectivity index (χ0n) is 6.98. The molecule has 0 amide bonds. The number of phosphoric acid groups is 2. The second-order valence-electron chi connectivity index (χ2n) is 1.83. The third-order valence-corrected chi connectivity index (χ3v) is 2.45. The second-order valence-corrected chi connectivity index (χ2v) is 4.82. The first-order valence-corrected chi connectivity index (χ1v) is 6.71. The van der Waals surface area contributed by atoms with Crippen molar-refractivity contribution in [3.63, 3.8) is 0 Å². The third-order valence-electron chi connectivity index (χ3n) is 0.526. The zero-order chi connectivity index (χ0) is 11.8. The molecule has 14 heavy (non-hydrogen) atoms. The van der Waals surface area contributed by atoms with E-state index in [9.17, 15) is 9.13 Å². The Morgan fingerprint density at radius 2 is 1.57 bits per heavy atom. The van der Waals surface area contributed by atoms with E-state index in [1.807, 2.05) is 0 Å². The van der Waals surface area contributed by atoms with Gasteiger partial charge in [0, 0.05) is 5.88 Å². The van der Waals surface area contributed by atoms with Gasteiger partial charge in [0.2, 0.25) is 0 Å². The van der Waals surface area contributed by atoms with Crippen molar-refractivity contribution in [2.24, 2.45) is 0 Å². The van der Waals surface area contributed by atoms with Crippen LogP contribution in [0.3, 0.4) is 0 Å². The molecule has 0 radical (unpaired) electrons. The smallest absolute Gasteiger partial charge is 0.302 e. The van der Waals surface area contributed by atoms with Crippen LogP contribution in [0, 0.1) is 0 Å². The third kappa shape index (κ3) is 22.8. The Hall–Kier alpha value is 0.290. The molecule has 0 unspecified atom stereocenters. The first-order chi connectivity index (χ1) is 6.12. The second kappa shape index (κ2) is 7.56. The Morgan fingerprint density at radius 1 is 1.21 bits per heavy atom. The van der Waals surface area contributed by atoms with E-state index in [2.05, 4.69) is 10.9 Å². The Morgan fingerprint density at radius 3 is 1.57 bits per heavy atom. The first-order valence-electron chi connectivity index (χ1n) is 3.11. The summed E-state index contributed by atoms with van der Waals surface area (Å²) in [4.78, 5) is 31.0. The predicted octanol–water partition coefficient (Wildman–Crippen LogP) is 0.990. The molecule has 0 aromatic heterocycles. The van der Waals surface area contributed by atoms with Gasteiger partial charge in [0.05, 0.1) is 0 Å². The molecule has 4 N–H and O–H groups in total. The minimum absolute atomic E-state index is 0.698. The van der Waals surface area contributed by atoms with Crippen molar-refractivity contribution in [1.29, 1.82) is 0 Å². The molecule has 0 rings (SSSR count). The van der Waals surface area contributed by atoms with Crippen LogP contribution in [0.4, 0.5) is 0 Å². The van der Waals surface area contributed by atoms with Gasteiger partial charge in [-0.1, -0.05) is 6.08 Å². The number of rotatable bonds is 4. The largest absolute Gasteiger partial charge is 0.478 e. The fourth-order valence-electron chi connectivity index (χ4n) is 0.216. The standard InChI is InChI=1S/C4H7Cl.H4O7P2/c1-2-3-4-5;1-8(2,3)7-9(4,5)6/h2H,1,3-4H2;(H2,1,2,3)(H2,4,5,6). The molecule has 0 atom stereocenters. The lowest BCUT2D eigenvalue weighted by atomic mass is 10.5. The average Bonchev–Trinajstić information content (AvgIpc) is 1.81. The highest BCUT2D eigenvalue weighted by molar-refractivity contribution is 7.60. The van der Waals surface area contributed by atoms with Crippen LogP contribution < -0.4 is 0 Å². The van der Waals surface area contributed by atoms with Gasteiger partial charge in [0.25, 0.3) is 0 Å². The van der Waals surface area contributed by atoms with Gasteiger partial charge in [0.1, 0.15) is 0 Å². The van der Waals surface area contributed by atoms with E-state index in [-0.39, 0.29) is 0 Å². The summed E-state index contributed by atoms with van der Waals surface area (Å²) in [5.41, 5.74) is 0. The Bertz CT molecular complexity index is 222. The van der Waals surface area contributed by atoms with Crippen molar-refractivity contribution in [3.8, 4) is 0 Å². The molecule has 0 fully saturated rings. The molecule has 0 spiro atoms. The van der Waals surface area contributed by atoms with E-state index in [1.54, 1.807) is 6.08 Å². The lowest BCUT2D eigenvalue weighted by molar-refractivity contribution is 0.225. The fraction of sp³-hybridized carbons (Fsp3) is 0.500. The van der Waals surface area contributed by atoms with Gasteiger partial charge in [-0.2, -0.15) is 4.31 Å². The molecule has 0 heterocycles. The van der Waals surface area contributed by atoms with E-state index in [1.165, 1.54) is 0 Å². The first kappa shape index (κ1) is 16.7. The topological polar surface area (TPSA) is 124 Å². The van der Waals surface area contributed by atoms with Gasteiger partial charge < -0.3 is 19.6 Å². The maximum Gasteiger partial charge on any atom is 0.478 e. The lowest BCUT2D eigenvalue weighted by Gasteiger charge is -2.03. The van der Waals surface area contributed by atoms with Gasteiger partial charge in [-0.3, -0.25) is 0 Å². The fourth-order valence-corrected chi connectivity index (χ4v) is 1.48. The van der Waals surface area contributed by atoms with E-state index < -0.39 is 15.6 Å². The van der Waals surface area contributed by atoms with Crippen LogP contribution in [0.15, 0.2) is 12.7 Å². The monoisotopic (exact) mass is 268 g/mol. The van der Waals surface area contributed by atoms with E-state index in [0.29, 0.717) is 5.88 Å². The van der Waals surface area contributed by atoms with Crippen molar-refractivity contribution in [2.45, 2.75) is 6.42 Å². The molecule has 0 aromatic rings. The maximum atomic E-state index is 9.63. The Kier molecular flexibility index (Phi) is 9.03. The quantitative estimate of drug-likeness (QED) is 0.340. The SMILES string of the molecule is C=CCCCl.O=P(O)(O)OP(=O)(O)O. The molecular weight excluding hydrogens is 257 g/mol. The molecule has 0 aliphatic heterocycles. The number of allylic oxidation sites excluding steroid dienone is 1. The van der Waals surface area contributed by atoms with Crippen molar-refractivity contribution in [2.75, 3.05) is 5.88 Å². The highest BCUT2D eigenvalue weighted by Crippen LogP contribution is 2.53. The molecule has 0 saturated carbocycles. The molecule has 0 aromatic carbocycles. The highest BCUT2D eigenvalue weighted by atomic mass is 35.5. The number of alkyl halides is 1. The summed E-state index contributed by atoms with van der Waals surface area (Å²) in [6.07, 6.45) is 2.72. The van der Waals surface area contributed by atoms with Crippen molar-refractivity contribution < 1.29 is 33.0 Å². The lowest BCUT2D eigenvalue weighted by Crippen LogP contribution is -1.84. The van der Waals surface area contributed by atoms with E-state index in [0.717, 1.165) is 6.42 Å². The van der Waals surface area contributed by atoms with Gasteiger partial charge >= 0.3 is 15.6 Å². The summed E-state index contributed by atoms with van der Waals surface area (Å²) in [5, 5.41) is 0. The number of hydrogen-bond acceptors (Lipinski definition) is 3. The van der Waals surface area contributed by atoms with E-state index in [4.69, 9.17) is 31.2 Å². The molecule has 0 bridgehead atoms. The van der Waals surface area contributed by atoms with Crippen LogP contribution in [0.2, 0.25) is 0 Å². The van der Waals surface area contributed by atoms with Gasteiger partial charge in [-0.05, 0) is 6.42 Å². The van der Waals surface area contributed by atoms with Gasteiger partial charge in [0.15, 0.2) is 0 Å². The van der Waals surface area contributed by atoms with Crippen LogP contribution in [-0.4, -0.2) is 25.5 Å². The predicted molar refractivity (Wildman–Crippen MR) is 50.7 cm³/mol. The van der Waals surface area contributed by atoms with Crippen LogP contribution >= 0.6 is 27.2 Å². The maximum absolute atomic E-state index is 9.63. The van der Waals surface area contributed by atoms with Gasteiger partial charge in [-0.25, -0.2) is 9.13 Å². The summed E-state index contributed by atoms with van der Waals surface area (Å²) in [6, 6.07) is 0. The minimum atomic E-state index is -5.05. The molecule has 0 saturated heterocycles. The van der Waals surface area contributed by atoms with E-state index >= 15 is 0 Å². The highest BCUT2D eigenvalue weighted by Gasteiger charge is 2.27. The normalized spacial score (nSPS) is 11.5. The van der Waals surface area contributed by atoms with Crippen LogP contribution in [0.5, 0.6) is 0 Å². The van der Waals surface area contributed by atoms with Crippen molar-refractivity contribution in [1.82, 2.24) is 0 Å². The molecular formula is C4H11ClO7P2. The molecule has 0 aliphatic rings. The summed E-state index contributed by atoms with van der Waals surface area (Å²) in [5.74, 6) is 0.698. The Labute approximate surface area is 85.8 Å². The summed E-state index contributed by atoms with van der Waals surface area (Å²) >= 11 is 5.23. The van der Waals surface area contributed by atoms with Crippen LogP contribution in [0.1, 0.15) is 6.42 Å². The van der Waals surface area contributed by atoms with Crippen molar-refractivity contribution in [3.05, 3.63) is 12.7 Å². The van der Waals surface area contributed by atoms with Crippen LogP contribution in [-0.2, 0) is 13.4 Å². The van der Waals surface area contributed by atoms with Crippen LogP contribution in [0.25, 0.3) is 0 Å².